The maximum absolute atomic E-state index is 12.8. The van der Waals surface area contributed by atoms with E-state index >= 15 is 0 Å². The van der Waals surface area contributed by atoms with E-state index in [0.29, 0.717) is 23.4 Å². The summed E-state index contributed by atoms with van der Waals surface area (Å²) in [5.41, 5.74) is 2.03. The number of hydrogen-bond donors (Lipinski definition) is 3. The second-order valence-electron chi connectivity index (χ2n) is 8.22. The predicted molar refractivity (Wildman–Crippen MR) is 127 cm³/mol. The molecule has 1 saturated heterocycles. The van der Waals surface area contributed by atoms with E-state index in [4.69, 9.17) is 4.42 Å². The van der Waals surface area contributed by atoms with Gasteiger partial charge in [0.15, 0.2) is 11.0 Å². The fraction of sp³-hybridized carbons (Fsp3) is 0.192. The number of aromatic hydroxyl groups is 3. The zero-order valence-corrected chi connectivity index (χ0v) is 17.9. The molecule has 1 aliphatic rings. The highest BCUT2D eigenvalue weighted by Crippen LogP contribution is 2.36. The second kappa shape index (κ2) is 8.52. The molecule has 7 nitrogen and oxygen atoms in total. The van der Waals surface area contributed by atoms with Gasteiger partial charge in [0.2, 0.25) is 0 Å². The van der Waals surface area contributed by atoms with Crippen LogP contribution in [0.2, 0.25) is 0 Å². The zero-order chi connectivity index (χ0) is 22.9. The average Bonchev–Trinajstić information content (AvgIpc) is 2.82. The van der Waals surface area contributed by atoms with Gasteiger partial charge < -0.3 is 24.6 Å². The van der Waals surface area contributed by atoms with Crippen molar-refractivity contribution in [1.82, 2.24) is 4.90 Å². The summed E-state index contributed by atoms with van der Waals surface area (Å²) in [7, 11) is 0. The number of phenols is 3. The lowest BCUT2D eigenvalue weighted by Gasteiger charge is -2.36. The Hall–Kier alpha value is -3.97. The number of hydrogen-bond acceptors (Lipinski definition) is 7. The van der Waals surface area contributed by atoms with Crippen LogP contribution in [0.1, 0.15) is 5.56 Å². The number of phenolic OH excluding ortho intramolecular Hbond substituents is 3. The van der Waals surface area contributed by atoms with E-state index in [-0.39, 0.29) is 28.2 Å². The Bertz CT molecular complexity index is 1340. The van der Waals surface area contributed by atoms with Crippen LogP contribution in [0.15, 0.2) is 75.9 Å². The summed E-state index contributed by atoms with van der Waals surface area (Å²) in [5.74, 6) is -0.0252. The molecule has 5 rings (SSSR count). The lowest BCUT2D eigenvalue weighted by atomic mass is 10.1. The van der Waals surface area contributed by atoms with Gasteiger partial charge in [0.25, 0.3) is 0 Å². The van der Waals surface area contributed by atoms with Gasteiger partial charge >= 0.3 is 0 Å². The monoisotopic (exact) mass is 444 g/mol. The summed E-state index contributed by atoms with van der Waals surface area (Å²) in [6, 6.07) is 19.0. The number of anilines is 1. The van der Waals surface area contributed by atoms with Crippen molar-refractivity contribution in [3.8, 4) is 28.6 Å². The molecule has 0 radical (unpaired) electrons. The molecule has 3 N–H and O–H groups in total. The minimum Gasteiger partial charge on any atom is -0.508 e. The zero-order valence-electron chi connectivity index (χ0n) is 17.9. The minimum atomic E-state index is -0.396. The van der Waals surface area contributed by atoms with Crippen LogP contribution in [0.3, 0.4) is 0 Å². The van der Waals surface area contributed by atoms with Gasteiger partial charge in [-0.25, -0.2) is 0 Å². The van der Waals surface area contributed by atoms with Crippen LogP contribution in [0.5, 0.6) is 17.2 Å². The number of benzene rings is 3. The third kappa shape index (κ3) is 4.10. The molecule has 0 bridgehead atoms. The number of nitrogens with zero attached hydrogens (tertiary/aromatic N) is 2. The van der Waals surface area contributed by atoms with Gasteiger partial charge in [-0.2, -0.15) is 0 Å². The summed E-state index contributed by atoms with van der Waals surface area (Å²) in [4.78, 5) is 17.4. The third-order valence-electron chi connectivity index (χ3n) is 6.09. The first kappa shape index (κ1) is 20.9. The van der Waals surface area contributed by atoms with E-state index in [0.717, 1.165) is 26.2 Å². The normalized spacial score (nSPS) is 14.6. The van der Waals surface area contributed by atoms with Crippen LogP contribution in [0.25, 0.3) is 22.3 Å². The van der Waals surface area contributed by atoms with E-state index in [9.17, 15) is 20.1 Å². The van der Waals surface area contributed by atoms with Crippen molar-refractivity contribution < 1.29 is 19.7 Å². The maximum atomic E-state index is 12.8. The number of rotatable bonds is 4. The van der Waals surface area contributed by atoms with E-state index in [1.165, 1.54) is 30.0 Å². The number of para-hydroxylation sites is 1. The third-order valence-corrected chi connectivity index (χ3v) is 6.09. The molecule has 1 aliphatic heterocycles. The Labute approximate surface area is 190 Å². The van der Waals surface area contributed by atoms with Gasteiger partial charge in [0.1, 0.15) is 28.4 Å². The molecule has 33 heavy (non-hydrogen) atoms. The Balaban J connectivity index is 1.47. The van der Waals surface area contributed by atoms with E-state index in [1.807, 2.05) is 18.2 Å². The summed E-state index contributed by atoms with van der Waals surface area (Å²) < 4.78 is 6.05. The van der Waals surface area contributed by atoms with Crippen molar-refractivity contribution in [2.45, 2.75) is 6.54 Å². The highest BCUT2D eigenvalue weighted by Gasteiger charge is 2.23. The topological polar surface area (TPSA) is 97.4 Å². The summed E-state index contributed by atoms with van der Waals surface area (Å²) in [6.45, 7) is 3.61. The van der Waals surface area contributed by atoms with Gasteiger partial charge in [-0.1, -0.05) is 18.2 Å². The van der Waals surface area contributed by atoms with Gasteiger partial charge in [0.05, 0.1) is 5.56 Å². The SMILES string of the molecule is O=c1cc(-c2ccc(O)cc2)oc2c(CN3CCN(c4ccccc4)CC3)c(O)cc(O)c12. The Morgan fingerprint density at radius 2 is 1.52 bits per heavy atom. The van der Waals surface area contributed by atoms with Crippen molar-refractivity contribution in [2.75, 3.05) is 31.1 Å². The molecule has 4 aromatic rings. The molecule has 1 aromatic heterocycles. The molecule has 0 aliphatic carbocycles. The molecule has 0 spiro atoms. The molecule has 0 amide bonds. The van der Waals surface area contributed by atoms with Crippen LogP contribution in [-0.4, -0.2) is 46.4 Å². The first-order chi connectivity index (χ1) is 16.0. The Morgan fingerprint density at radius 3 is 2.21 bits per heavy atom. The van der Waals surface area contributed by atoms with E-state index in [1.54, 1.807) is 12.1 Å². The molecule has 0 atom stereocenters. The largest absolute Gasteiger partial charge is 0.508 e. The molecular formula is C26H24N2O5. The maximum Gasteiger partial charge on any atom is 0.197 e. The predicted octanol–water partition coefficient (Wildman–Crippen LogP) is 3.90. The van der Waals surface area contributed by atoms with Crippen molar-refractivity contribution >= 4 is 16.7 Å². The Morgan fingerprint density at radius 1 is 0.818 bits per heavy atom. The quantitative estimate of drug-likeness (QED) is 0.439. The molecule has 7 heteroatoms. The lowest BCUT2D eigenvalue weighted by Crippen LogP contribution is -2.46. The van der Waals surface area contributed by atoms with Crippen molar-refractivity contribution in [3.63, 3.8) is 0 Å². The molecule has 2 heterocycles. The number of piperazine rings is 1. The van der Waals surface area contributed by atoms with Gasteiger partial charge in [-0.15, -0.1) is 0 Å². The van der Waals surface area contributed by atoms with Crippen LogP contribution < -0.4 is 10.3 Å². The van der Waals surface area contributed by atoms with Gasteiger partial charge in [-0.05, 0) is 36.4 Å². The van der Waals surface area contributed by atoms with E-state index < -0.39 is 5.43 Å². The van der Waals surface area contributed by atoms with Crippen molar-refractivity contribution in [3.05, 3.63) is 82.5 Å². The first-order valence-corrected chi connectivity index (χ1v) is 10.8. The second-order valence-corrected chi connectivity index (χ2v) is 8.22. The summed E-state index contributed by atoms with van der Waals surface area (Å²) >= 11 is 0. The smallest absolute Gasteiger partial charge is 0.197 e. The minimum absolute atomic E-state index is 0.0493. The van der Waals surface area contributed by atoms with Crippen molar-refractivity contribution in [2.24, 2.45) is 0 Å². The molecule has 3 aromatic carbocycles. The number of fused-ring (bicyclic) bond motifs is 1. The first-order valence-electron chi connectivity index (χ1n) is 10.8. The highest BCUT2D eigenvalue weighted by atomic mass is 16.3. The standard InChI is InChI=1S/C26H24N2O5/c29-19-8-6-17(7-9-19)24-15-23(32)25-22(31)14-21(30)20(26(25)33-24)16-27-10-12-28(13-11-27)18-4-2-1-3-5-18/h1-9,14-15,29-31H,10-13,16H2. The van der Waals surface area contributed by atoms with Crippen molar-refractivity contribution in [1.29, 1.82) is 0 Å². The van der Waals surface area contributed by atoms with Gasteiger partial charge in [-0.3, -0.25) is 9.69 Å². The molecule has 0 unspecified atom stereocenters. The average molecular weight is 444 g/mol. The molecular weight excluding hydrogens is 420 g/mol. The molecule has 0 saturated carbocycles. The molecule has 1 fully saturated rings. The fourth-order valence-electron chi connectivity index (χ4n) is 4.30. The van der Waals surface area contributed by atoms with Crippen LogP contribution in [0.4, 0.5) is 5.69 Å². The van der Waals surface area contributed by atoms with E-state index in [2.05, 4.69) is 21.9 Å². The highest BCUT2D eigenvalue weighted by molar-refractivity contribution is 5.89. The van der Waals surface area contributed by atoms with Crippen LogP contribution >= 0.6 is 0 Å². The summed E-state index contributed by atoms with van der Waals surface area (Å²) in [5, 5.41) is 30.6. The van der Waals surface area contributed by atoms with Crippen LogP contribution in [0, 0.1) is 0 Å². The molecule has 168 valence electrons. The lowest BCUT2D eigenvalue weighted by molar-refractivity contribution is 0.246. The Kier molecular flexibility index (Phi) is 5.40. The fourth-order valence-corrected chi connectivity index (χ4v) is 4.30. The van der Waals surface area contributed by atoms with Gasteiger partial charge in [0, 0.05) is 56.1 Å². The summed E-state index contributed by atoms with van der Waals surface area (Å²) in [6.07, 6.45) is 0. The van der Waals surface area contributed by atoms with Crippen LogP contribution in [-0.2, 0) is 6.54 Å².